The molecule has 0 bridgehead atoms. The van der Waals surface area contributed by atoms with Crippen molar-refractivity contribution in [3.63, 3.8) is 0 Å². The SMILES string of the molecule is NC(N)=NN=Cc1ccc(Oc2ccc(Cl)cc2)cc1. The number of hydrogen-bond donors (Lipinski definition) is 2. The Bertz CT molecular complexity index is 617. The Morgan fingerprint density at radius 3 is 2.05 bits per heavy atom. The molecule has 0 unspecified atom stereocenters. The van der Waals surface area contributed by atoms with Gasteiger partial charge in [0, 0.05) is 5.02 Å². The van der Waals surface area contributed by atoms with Crippen LogP contribution in [-0.2, 0) is 0 Å². The van der Waals surface area contributed by atoms with Crippen molar-refractivity contribution < 1.29 is 4.74 Å². The van der Waals surface area contributed by atoms with Crippen LogP contribution in [0.4, 0.5) is 0 Å². The maximum absolute atomic E-state index is 5.81. The lowest BCUT2D eigenvalue weighted by atomic mass is 10.2. The van der Waals surface area contributed by atoms with Crippen molar-refractivity contribution in [2.45, 2.75) is 0 Å². The van der Waals surface area contributed by atoms with Gasteiger partial charge in [-0.3, -0.25) is 0 Å². The molecule has 0 fully saturated rings. The second kappa shape index (κ2) is 6.58. The summed E-state index contributed by atoms with van der Waals surface area (Å²) in [5.41, 5.74) is 11.2. The van der Waals surface area contributed by atoms with Crippen LogP contribution in [0.5, 0.6) is 11.5 Å². The van der Waals surface area contributed by atoms with E-state index in [1.54, 1.807) is 30.5 Å². The van der Waals surface area contributed by atoms with Crippen LogP contribution >= 0.6 is 11.6 Å². The van der Waals surface area contributed by atoms with Crippen LogP contribution in [0.25, 0.3) is 0 Å². The number of rotatable bonds is 4. The summed E-state index contributed by atoms with van der Waals surface area (Å²) in [5.74, 6) is 1.35. The third-order valence-electron chi connectivity index (χ3n) is 2.31. The standard InChI is InChI=1S/C14H13ClN4O/c15-11-3-7-13(8-4-11)20-12-5-1-10(2-6-12)9-18-19-14(16)17/h1-9H,(H4,16,17,19). The third kappa shape index (κ3) is 4.29. The molecule has 0 aromatic heterocycles. The van der Waals surface area contributed by atoms with E-state index in [2.05, 4.69) is 10.2 Å². The van der Waals surface area contributed by atoms with Crippen molar-refractivity contribution in [2.24, 2.45) is 21.7 Å². The van der Waals surface area contributed by atoms with Gasteiger partial charge in [0.2, 0.25) is 5.96 Å². The second-order valence-corrected chi connectivity index (χ2v) is 4.33. The first-order chi connectivity index (χ1) is 9.63. The number of nitrogens with zero attached hydrogens (tertiary/aromatic N) is 2. The number of halogens is 1. The summed E-state index contributed by atoms with van der Waals surface area (Å²) in [6.45, 7) is 0. The van der Waals surface area contributed by atoms with Crippen molar-refractivity contribution in [2.75, 3.05) is 0 Å². The molecular weight excluding hydrogens is 276 g/mol. The molecule has 0 spiro atoms. The Balaban J connectivity index is 2.03. The van der Waals surface area contributed by atoms with Gasteiger partial charge < -0.3 is 16.2 Å². The normalized spacial score (nSPS) is 10.4. The minimum atomic E-state index is -0.0797. The van der Waals surface area contributed by atoms with E-state index in [1.165, 1.54) is 0 Å². The van der Waals surface area contributed by atoms with E-state index >= 15 is 0 Å². The van der Waals surface area contributed by atoms with Gasteiger partial charge in [-0.05, 0) is 54.1 Å². The summed E-state index contributed by atoms with van der Waals surface area (Å²) >= 11 is 5.81. The zero-order chi connectivity index (χ0) is 14.4. The third-order valence-corrected chi connectivity index (χ3v) is 2.56. The summed E-state index contributed by atoms with van der Waals surface area (Å²) in [7, 11) is 0. The molecule has 102 valence electrons. The fourth-order valence-electron chi connectivity index (χ4n) is 1.42. The van der Waals surface area contributed by atoms with Crippen molar-refractivity contribution in [1.82, 2.24) is 0 Å². The zero-order valence-corrected chi connectivity index (χ0v) is 11.3. The molecular formula is C14H13ClN4O. The van der Waals surface area contributed by atoms with Crippen molar-refractivity contribution in [1.29, 1.82) is 0 Å². The lowest BCUT2D eigenvalue weighted by Gasteiger charge is -2.05. The highest BCUT2D eigenvalue weighted by atomic mass is 35.5. The van der Waals surface area contributed by atoms with Crippen LogP contribution in [0.1, 0.15) is 5.56 Å². The monoisotopic (exact) mass is 288 g/mol. The number of benzene rings is 2. The Hall–Kier alpha value is -2.53. The molecule has 2 aromatic carbocycles. The molecule has 5 nitrogen and oxygen atoms in total. The maximum atomic E-state index is 5.81. The Morgan fingerprint density at radius 1 is 0.950 bits per heavy atom. The largest absolute Gasteiger partial charge is 0.457 e. The van der Waals surface area contributed by atoms with E-state index in [0.29, 0.717) is 10.8 Å². The highest BCUT2D eigenvalue weighted by molar-refractivity contribution is 6.30. The predicted octanol–water partition coefficient (Wildman–Crippen LogP) is 2.74. The minimum absolute atomic E-state index is 0.0797. The fourth-order valence-corrected chi connectivity index (χ4v) is 1.55. The average Bonchev–Trinajstić information content (AvgIpc) is 2.43. The molecule has 6 heteroatoms. The summed E-state index contributed by atoms with van der Waals surface area (Å²) in [4.78, 5) is 0. The first-order valence-electron chi connectivity index (χ1n) is 5.79. The van der Waals surface area contributed by atoms with Crippen molar-refractivity contribution in [3.05, 3.63) is 59.1 Å². The number of nitrogens with two attached hydrogens (primary N) is 2. The van der Waals surface area contributed by atoms with Gasteiger partial charge in [-0.15, -0.1) is 5.10 Å². The predicted molar refractivity (Wildman–Crippen MR) is 81.4 cm³/mol. The molecule has 0 saturated heterocycles. The van der Waals surface area contributed by atoms with Crippen LogP contribution in [0, 0.1) is 0 Å². The van der Waals surface area contributed by atoms with E-state index in [1.807, 2.05) is 24.3 Å². The molecule has 0 radical (unpaired) electrons. The van der Waals surface area contributed by atoms with Gasteiger partial charge in [0.05, 0.1) is 6.21 Å². The van der Waals surface area contributed by atoms with Gasteiger partial charge >= 0.3 is 0 Å². The summed E-state index contributed by atoms with van der Waals surface area (Å²) in [6, 6.07) is 14.5. The molecule has 0 heterocycles. The lowest BCUT2D eigenvalue weighted by Crippen LogP contribution is -2.21. The first kappa shape index (κ1) is 13.9. The summed E-state index contributed by atoms with van der Waals surface area (Å²) in [6.07, 6.45) is 1.55. The van der Waals surface area contributed by atoms with Gasteiger partial charge in [0.25, 0.3) is 0 Å². The summed E-state index contributed by atoms with van der Waals surface area (Å²) < 4.78 is 5.66. The van der Waals surface area contributed by atoms with Gasteiger partial charge in [-0.25, -0.2) is 0 Å². The molecule has 2 aromatic rings. The summed E-state index contributed by atoms with van der Waals surface area (Å²) in [5, 5.41) is 7.91. The van der Waals surface area contributed by atoms with Crippen molar-refractivity contribution >= 4 is 23.8 Å². The van der Waals surface area contributed by atoms with E-state index in [4.69, 9.17) is 27.8 Å². The van der Waals surface area contributed by atoms with Gasteiger partial charge in [-0.2, -0.15) is 5.10 Å². The molecule has 2 rings (SSSR count). The highest BCUT2D eigenvalue weighted by Gasteiger charge is 1.97. The number of guanidine groups is 1. The van der Waals surface area contributed by atoms with Gasteiger partial charge in [-0.1, -0.05) is 11.6 Å². The van der Waals surface area contributed by atoms with Gasteiger partial charge in [0.1, 0.15) is 11.5 Å². The Kier molecular flexibility index (Phi) is 4.57. The van der Waals surface area contributed by atoms with Crippen molar-refractivity contribution in [3.8, 4) is 11.5 Å². The van der Waals surface area contributed by atoms with E-state index in [9.17, 15) is 0 Å². The zero-order valence-electron chi connectivity index (χ0n) is 10.5. The molecule has 0 aliphatic rings. The van der Waals surface area contributed by atoms with Crippen LogP contribution in [0.3, 0.4) is 0 Å². The minimum Gasteiger partial charge on any atom is -0.457 e. The van der Waals surface area contributed by atoms with E-state index in [0.717, 1.165) is 11.3 Å². The first-order valence-corrected chi connectivity index (χ1v) is 6.17. The molecule has 0 aliphatic carbocycles. The Labute approximate surface area is 121 Å². The van der Waals surface area contributed by atoms with Gasteiger partial charge in [0.15, 0.2) is 0 Å². The average molecular weight is 289 g/mol. The second-order valence-electron chi connectivity index (χ2n) is 3.89. The topological polar surface area (TPSA) is 86.0 Å². The van der Waals surface area contributed by atoms with Crippen LogP contribution < -0.4 is 16.2 Å². The van der Waals surface area contributed by atoms with E-state index in [-0.39, 0.29) is 5.96 Å². The van der Waals surface area contributed by atoms with E-state index < -0.39 is 0 Å². The molecule has 0 aliphatic heterocycles. The smallest absolute Gasteiger partial charge is 0.211 e. The molecule has 0 amide bonds. The Morgan fingerprint density at radius 2 is 1.50 bits per heavy atom. The number of ether oxygens (including phenoxy) is 1. The van der Waals surface area contributed by atoms with Crippen LogP contribution in [-0.4, -0.2) is 12.2 Å². The maximum Gasteiger partial charge on any atom is 0.211 e. The fraction of sp³-hybridized carbons (Fsp3) is 0. The number of hydrogen-bond acceptors (Lipinski definition) is 3. The van der Waals surface area contributed by atoms with Crippen LogP contribution in [0.2, 0.25) is 5.02 Å². The highest BCUT2D eigenvalue weighted by Crippen LogP contribution is 2.22. The quantitative estimate of drug-likeness (QED) is 0.515. The molecule has 20 heavy (non-hydrogen) atoms. The molecule has 0 atom stereocenters. The molecule has 0 saturated carbocycles. The lowest BCUT2D eigenvalue weighted by molar-refractivity contribution is 0.482. The van der Waals surface area contributed by atoms with Crippen LogP contribution in [0.15, 0.2) is 58.7 Å². The molecule has 4 N–H and O–H groups in total.